The molecule has 3 rings (SSSR count). The van der Waals surface area contributed by atoms with Crippen molar-refractivity contribution in [3.8, 4) is 0 Å². The number of epoxide rings is 1. The fourth-order valence-electron chi connectivity index (χ4n) is 2.67. The van der Waals surface area contributed by atoms with Crippen LogP contribution in [0.15, 0.2) is 18.2 Å². The van der Waals surface area contributed by atoms with Gasteiger partial charge >= 0.3 is 6.09 Å². The summed E-state index contributed by atoms with van der Waals surface area (Å²) in [6.45, 7) is 1.73. The number of rotatable bonds is 2. The lowest BCUT2D eigenvalue weighted by atomic mass is 9.91. The second-order valence-electron chi connectivity index (χ2n) is 5.22. The van der Waals surface area contributed by atoms with E-state index in [1.54, 1.807) is 12.1 Å². The predicted octanol–water partition coefficient (Wildman–Crippen LogP) is 2.85. The highest BCUT2D eigenvalue weighted by atomic mass is 35.5. The van der Waals surface area contributed by atoms with Crippen LogP contribution in [-0.4, -0.2) is 54.6 Å². The number of hydrogen-bond donors (Lipinski definition) is 1. The van der Waals surface area contributed by atoms with Crippen molar-refractivity contribution in [2.24, 2.45) is 0 Å². The van der Waals surface area contributed by atoms with E-state index in [0.717, 1.165) is 5.56 Å². The van der Waals surface area contributed by atoms with Gasteiger partial charge in [0, 0.05) is 19.0 Å². The van der Waals surface area contributed by atoms with E-state index < -0.39 is 6.09 Å². The smallest absolute Gasteiger partial charge is 0.407 e. The molecule has 0 spiro atoms. The Morgan fingerprint density at radius 2 is 2.05 bits per heavy atom. The summed E-state index contributed by atoms with van der Waals surface area (Å²) in [7, 11) is 0. The van der Waals surface area contributed by atoms with Crippen molar-refractivity contribution in [2.75, 3.05) is 26.3 Å². The van der Waals surface area contributed by atoms with Crippen molar-refractivity contribution in [1.82, 2.24) is 4.90 Å². The molecular weight excluding hydrogens is 317 g/mol. The van der Waals surface area contributed by atoms with Crippen LogP contribution in [0.3, 0.4) is 0 Å². The van der Waals surface area contributed by atoms with Crippen LogP contribution in [0.4, 0.5) is 4.79 Å². The molecule has 1 amide bonds. The average molecular weight is 332 g/mol. The highest BCUT2D eigenvalue weighted by Gasteiger charge is 2.42. The van der Waals surface area contributed by atoms with E-state index in [4.69, 9.17) is 32.7 Å². The third-order valence-electron chi connectivity index (χ3n) is 3.85. The number of carbonyl (C=O) groups is 1. The minimum absolute atomic E-state index is 0.0261. The molecule has 2 heterocycles. The summed E-state index contributed by atoms with van der Waals surface area (Å²) >= 11 is 12.0. The number of nitrogens with zero attached hydrogens (tertiary/aromatic N) is 1. The highest BCUT2D eigenvalue weighted by Crippen LogP contribution is 2.35. The normalized spacial score (nSPS) is 29.0. The summed E-state index contributed by atoms with van der Waals surface area (Å²) in [5.74, 6) is -0.120. The van der Waals surface area contributed by atoms with Crippen LogP contribution in [0, 0.1) is 0 Å². The number of carboxylic acid groups (broad SMARTS) is 1. The zero-order valence-corrected chi connectivity index (χ0v) is 12.7. The molecule has 0 radical (unpaired) electrons. The van der Waals surface area contributed by atoms with Crippen LogP contribution in [0.25, 0.3) is 0 Å². The molecule has 0 aromatic heterocycles. The first-order chi connectivity index (χ1) is 10.1. The number of ether oxygens (including phenoxy) is 2. The van der Waals surface area contributed by atoms with Crippen LogP contribution in [0.2, 0.25) is 10.0 Å². The van der Waals surface area contributed by atoms with Gasteiger partial charge in [0.05, 0.1) is 29.4 Å². The third kappa shape index (κ3) is 3.26. The van der Waals surface area contributed by atoms with Gasteiger partial charge in [0.15, 0.2) is 0 Å². The van der Waals surface area contributed by atoms with Crippen molar-refractivity contribution >= 4 is 29.3 Å². The van der Waals surface area contributed by atoms with Gasteiger partial charge in [-0.3, -0.25) is 0 Å². The van der Waals surface area contributed by atoms with Crippen molar-refractivity contribution < 1.29 is 19.4 Å². The summed E-state index contributed by atoms with van der Waals surface area (Å²) in [4.78, 5) is 12.7. The second-order valence-corrected chi connectivity index (χ2v) is 6.03. The van der Waals surface area contributed by atoms with Gasteiger partial charge in [0.2, 0.25) is 0 Å². The molecule has 2 aliphatic heterocycles. The van der Waals surface area contributed by atoms with Gasteiger partial charge in [-0.15, -0.1) is 0 Å². The highest BCUT2D eigenvalue weighted by molar-refractivity contribution is 6.42. The minimum atomic E-state index is -0.943. The van der Waals surface area contributed by atoms with E-state index in [0.29, 0.717) is 36.3 Å². The molecule has 2 saturated heterocycles. The maximum absolute atomic E-state index is 11.3. The molecule has 3 atom stereocenters. The first kappa shape index (κ1) is 14.9. The van der Waals surface area contributed by atoms with Gasteiger partial charge in [0.25, 0.3) is 0 Å². The fourth-order valence-corrected chi connectivity index (χ4v) is 2.98. The molecule has 3 unspecified atom stereocenters. The fraction of sp³-hybridized carbons (Fsp3) is 0.500. The van der Waals surface area contributed by atoms with E-state index in [-0.39, 0.29) is 18.1 Å². The summed E-state index contributed by atoms with van der Waals surface area (Å²) in [6.07, 6.45) is -1.08. The lowest BCUT2D eigenvalue weighted by molar-refractivity contribution is 0.0309. The molecule has 2 aliphatic rings. The minimum Gasteiger partial charge on any atom is -0.465 e. The van der Waals surface area contributed by atoms with E-state index in [1.807, 2.05) is 6.07 Å². The van der Waals surface area contributed by atoms with Crippen molar-refractivity contribution in [1.29, 1.82) is 0 Å². The van der Waals surface area contributed by atoms with E-state index >= 15 is 0 Å². The third-order valence-corrected chi connectivity index (χ3v) is 4.59. The van der Waals surface area contributed by atoms with Crippen molar-refractivity contribution in [3.05, 3.63) is 33.8 Å². The Bertz CT molecular complexity index is 550. The molecule has 0 aliphatic carbocycles. The molecule has 114 valence electrons. The Balaban J connectivity index is 1.91. The van der Waals surface area contributed by atoms with Gasteiger partial charge in [-0.1, -0.05) is 29.3 Å². The maximum Gasteiger partial charge on any atom is 0.407 e. The van der Waals surface area contributed by atoms with Gasteiger partial charge in [-0.25, -0.2) is 4.79 Å². The van der Waals surface area contributed by atoms with Gasteiger partial charge < -0.3 is 19.5 Å². The van der Waals surface area contributed by atoms with Crippen molar-refractivity contribution in [3.63, 3.8) is 0 Å². The van der Waals surface area contributed by atoms with E-state index in [9.17, 15) is 9.90 Å². The summed E-state index contributed by atoms with van der Waals surface area (Å²) in [5, 5.41) is 10.2. The van der Waals surface area contributed by atoms with Gasteiger partial charge in [-0.05, 0) is 17.7 Å². The van der Waals surface area contributed by atoms with Crippen LogP contribution < -0.4 is 0 Å². The first-order valence-electron chi connectivity index (χ1n) is 6.72. The number of halogens is 2. The topological polar surface area (TPSA) is 62.3 Å². The Morgan fingerprint density at radius 3 is 2.67 bits per heavy atom. The predicted molar refractivity (Wildman–Crippen MR) is 78.3 cm³/mol. The Kier molecular flexibility index (Phi) is 4.26. The van der Waals surface area contributed by atoms with Crippen LogP contribution >= 0.6 is 23.2 Å². The maximum atomic E-state index is 11.3. The monoisotopic (exact) mass is 331 g/mol. The molecule has 5 nitrogen and oxygen atoms in total. The molecule has 0 bridgehead atoms. The molecule has 2 fully saturated rings. The molecule has 21 heavy (non-hydrogen) atoms. The quantitative estimate of drug-likeness (QED) is 0.846. The van der Waals surface area contributed by atoms with Crippen LogP contribution in [0.1, 0.15) is 11.5 Å². The summed E-state index contributed by atoms with van der Waals surface area (Å²) in [6, 6.07) is 5.36. The Morgan fingerprint density at radius 1 is 1.29 bits per heavy atom. The second kappa shape index (κ2) is 6.01. The first-order valence-corrected chi connectivity index (χ1v) is 7.48. The van der Waals surface area contributed by atoms with E-state index in [2.05, 4.69) is 0 Å². The Hall–Kier alpha value is -1.01. The molecule has 0 saturated carbocycles. The van der Waals surface area contributed by atoms with Crippen LogP contribution in [0.5, 0.6) is 0 Å². The zero-order valence-electron chi connectivity index (χ0n) is 11.2. The largest absolute Gasteiger partial charge is 0.465 e. The van der Waals surface area contributed by atoms with Crippen LogP contribution in [-0.2, 0) is 9.47 Å². The SMILES string of the molecule is O=C(O)N1CCOC(C2CO2)C(c2ccc(Cl)c(Cl)c2)C1. The molecule has 1 aromatic carbocycles. The van der Waals surface area contributed by atoms with E-state index in [1.165, 1.54) is 4.90 Å². The zero-order chi connectivity index (χ0) is 15.0. The standard InChI is InChI=1S/C14H15Cl2NO4/c15-10-2-1-8(5-11(10)16)9-6-17(14(18)19)3-4-20-13(9)12-7-21-12/h1-2,5,9,12-13H,3-4,6-7H2,(H,18,19). The molecule has 1 N–H and O–H groups in total. The summed E-state index contributed by atoms with van der Waals surface area (Å²) in [5.41, 5.74) is 0.915. The number of amides is 1. The van der Waals surface area contributed by atoms with Gasteiger partial charge in [-0.2, -0.15) is 0 Å². The summed E-state index contributed by atoms with van der Waals surface area (Å²) < 4.78 is 11.2. The lowest BCUT2D eigenvalue weighted by Crippen LogP contribution is -2.36. The molecule has 7 heteroatoms. The molecular formula is C14H15Cl2NO4. The number of benzene rings is 1. The molecule has 1 aromatic rings. The van der Waals surface area contributed by atoms with Crippen molar-refractivity contribution in [2.45, 2.75) is 18.1 Å². The van der Waals surface area contributed by atoms with Gasteiger partial charge in [0.1, 0.15) is 6.10 Å². The Labute approximate surface area is 132 Å². The number of hydrogen-bond acceptors (Lipinski definition) is 3. The average Bonchev–Trinajstić information content (AvgIpc) is 3.25. The lowest BCUT2D eigenvalue weighted by Gasteiger charge is -2.26.